The van der Waals surface area contributed by atoms with Crippen LogP contribution in [0.5, 0.6) is 0 Å². The van der Waals surface area contributed by atoms with Crippen LogP contribution in [0, 0.1) is 17.8 Å². The van der Waals surface area contributed by atoms with Crippen LogP contribution in [0.1, 0.15) is 92.9 Å². The van der Waals surface area contributed by atoms with Gasteiger partial charge in [0.05, 0.1) is 19.1 Å². The highest BCUT2D eigenvalue weighted by molar-refractivity contribution is 5.97. The normalized spacial score (nSPS) is 19.6. The van der Waals surface area contributed by atoms with Crippen LogP contribution in [0.25, 0.3) is 0 Å². The summed E-state index contributed by atoms with van der Waals surface area (Å²) in [6, 6.07) is -5.95. The van der Waals surface area contributed by atoms with Crippen LogP contribution in [-0.2, 0) is 38.4 Å². The molecule has 57 heavy (non-hydrogen) atoms. The van der Waals surface area contributed by atoms with Gasteiger partial charge in [0.15, 0.2) is 5.96 Å². The highest BCUT2D eigenvalue weighted by Gasteiger charge is 2.40. The molecule has 0 unspecified atom stereocenters. The molecule has 20 heteroatoms. The van der Waals surface area contributed by atoms with Crippen LogP contribution in [0.2, 0.25) is 0 Å². The summed E-state index contributed by atoms with van der Waals surface area (Å²) in [5, 5.41) is 22.8. The summed E-state index contributed by atoms with van der Waals surface area (Å²) < 4.78 is 0. The summed E-state index contributed by atoms with van der Waals surface area (Å²) in [4.78, 5) is 111. The lowest BCUT2D eigenvalue weighted by Crippen LogP contribution is -2.60. The fourth-order valence-corrected chi connectivity index (χ4v) is 6.76. The first-order chi connectivity index (χ1) is 26.8. The minimum atomic E-state index is -1.20. The van der Waals surface area contributed by atoms with Crippen molar-refractivity contribution < 1.29 is 43.5 Å². The number of carbonyl (C=O) groups excluding carboxylic acids is 7. The maximum atomic E-state index is 13.7. The van der Waals surface area contributed by atoms with Crippen LogP contribution < -0.4 is 43.8 Å². The van der Waals surface area contributed by atoms with Gasteiger partial charge < -0.3 is 58.7 Å². The lowest BCUT2D eigenvalue weighted by molar-refractivity contribution is -0.144. The maximum Gasteiger partial charge on any atom is 0.326 e. The van der Waals surface area contributed by atoms with Gasteiger partial charge in [-0.25, -0.2) is 4.79 Å². The summed E-state index contributed by atoms with van der Waals surface area (Å²) >= 11 is 0. The first kappa shape index (κ1) is 48.1. The number of carboxylic acid groups (broad SMARTS) is 1. The quantitative estimate of drug-likeness (QED) is 0.0322. The molecular formula is C37H65N11O9. The molecular weight excluding hydrogens is 742 g/mol. The minimum Gasteiger partial charge on any atom is -0.480 e. The Labute approximate surface area is 334 Å². The second-order valence-electron chi connectivity index (χ2n) is 15.3. The van der Waals surface area contributed by atoms with Crippen molar-refractivity contribution in [2.75, 3.05) is 32.7 Å². The second-order valence-corrected chi connectivity index (χ2v) is 15.3. The average molecular weight is 808 g/mol. The Morgan fingerprint density at radius 3 is 1.65 bits per heavy atom. The molecule has 7 amide bonds. The van der Waals surface area contributed by atoms with E-state index in [4.69, 9.17) is 17.2 Å². The third-order valence-electron chi connectivity index (χ3n) is 10.7. The van der Waals surface area contributed by atoms with Gasteiger partial charge in [-0.3, -0.25) is 38.6 Å². The Bertz CT molecular complexity index is 1470. The molecule has 0 radical (unpaired) electrons. The third-order valence-corrected chi connectivity index (χ3v) is 10.7. The van der Waals surface area contributed by atoms with E-state index >= 15 is 0 Å². The Balaban J connectivity index is 2.02. The minimum absolute atomic E-state index is 0.0663. The van der Waals surface area contributed by atoms with E-state index in [1.54, 1.807) is 27.7 Å². The number of likely N-dealkylation sites (tertiary alicyclic amines) is 2. The molecule has 0 aromatic carbocycles. The van der Waals surface area contributed by atoms with Crippen molar-refractivity contribution >= 4 is 53.3 Å². The molecule has 0 spiro atoms. The number of rotatable bonds is 22. The lowest BCUT2D eigenvalue weighted by Gasteiger charge is -2.31. The first-order valence-electron chi connectivity index (χ1n) is 19.9. The third kappa shape index (κ3) is 14.5. The topological polar surface area (TPSA) is 314 Å². The van der Waals surface area contributed by atoms with Crippen LogP contribution in [0.15, 0.2) is 4.99 Å². The summed E-state index contributed by atoms with van der Waals surface area (Å²) in [5.74, 6) is -6.30. The van der Waals surface area contributed by atoms with Crippen molar-refractivity contribution in [2.24, 2.45) is 39.9 Å². The maximum absolute atomic E-state index is 13.7. The van der Waals surface area contributed by atoms with Gasteiger partial charge in [0.25, 0.3) is 0 Å². The molecule has 2 heterocycles. The highest BCUT2D eigenvalue weighted by atomic mass is 16.4. The van der Waals surface area contributed by atoms with Gasteiger partial charge >= 0.3 is 5.97 Å². The smallest absolute Gasteiger partial charge is 0.326 e. The number of amides is 7. The molecule has 20 nitrogen and oxygen atoms in total. The molecule has 322 valence electrons. The first-order valence-corrected chi connectivity index (χ1v) is 19.9. The van der Waals surface area contributed by atoms with Gasteiger partial charge in [0.2, 0.25) is 41.4 Å². The average Bonchev–Trinajstić information content (AvgIpc) is 3.87. The number of nitrogens with one attached hydrogen (secondary N) is 5. The number of aliphatic imine (C=N–C) groups is 1. The van der Waals surface area contributed by atoms with Crippen molar-refractivity contribution in [1.29, 1.82) is 0 Å². The predicted octanol–water partition coefficient (Wildman–Crippen LogP) is -2.13. The molecule has 2 aliphatic rings. The monoisotopic (exact) mass is 807 g/mol. The Kier molecular flexibility index (Phi) is 19.7. The number of aliphatic carboxylic acids is 1. The molecule has 2 rings (SSSR count). The van der Waals surface area contributed by atoms with E-state index in [0.29, 0.717) is 57.9 Å². The molecule has 2 fully saturated rings. The summed E-state index contributed by atoms with van der Waals surface area (Å²) in [6.45, 7) is 10.6. The lowest BCUT2D eigenvalue weighted by atomic mass is 9.94. The molecule has 2 aliphatic heterocycles. The number of nitrogens with zero attached hydrogens (tertiary/aromatic N) is 3. The van der Waals surface area contributed by atoms with E-state index in [9.17, 15) is 43.5 Å². The van der Waals surface area contributed by atoms with Crippen molar-refractivity contribution in [2.45, 2.75) is 129 Å². The molecule has 0 aliphatic carbocycles. The molecule has 0 saturated carbocycles. The number of nitrogens with two attached hydrogens (primary N) is 3. The Morgan fingerprint density at radius 2 is 1.18 bits per heavy atom. The standard InChI is InChI=1S/C37H65N11O9/c1-7-21(5)29(35(55)46-30(22(6)8-2)34(54)44-28(20(3)4)36(56)57)45-33(53)25-14-11-17-48(25)27(50)19-43-32(52)24-13-10-16-47(24)26(49)18-42-31(51)23(38)12-9-15-41-37(39)40/h20-25,28-30H,7-19,38H2,1-6H3,(H,42,51)(H,43,52)(H,44,54)(H,45,53)(H,46,55)(H,56,57)(H4,39,40,41)/t21-,22-,23-,24-,25-,28-,29-,30-/m0/s1. The highest BCUT2D eigenvalue weighted by Crippen LogP contribution is 2.21. The van der Waals surface area contributed by atoms with Gasteiger partial charge in [-0.15, -0.1) is 0 Å². The number of hydrogen-bond donors (Lipinski definition) is 9. The molecule has 0 aromatic rings. The second kappa shape index (κ2) is 23.3. The number of guanidine groups is 1. The summed E-state index contributed by atoms with van der Waals surface area (Å²) in [5.41, 5.74) is 16.5. The van der Waals surface area contributed by atoms with E-state index < -0.39 is 96.0 Å². The van der Waals surface area contributed by atoms with Crippen LogP contribution in [0.3, 0.4) is 0 Å². The van der Waals surface area contributed by atoms with Gasteiger partial charge in [0.1, 0.15) is 30.2 Å². The van der Waals surface area contributed by atoms with Gasteiger partial charge in [-0.05, 0) is 56.3 Å². The van der Waals surface area contributed by atoms with Crippen LogP contribution >= 0.6 is 0 Å². The Morgan fingerprint density at radius 1 is 0.702 bits per heavy atom. The zero-order valence-corrected chi connectivity index (χ0v) is 34.2. The number of hydrogen-bond acceptors (Lipinski definition) is 10. The van der Waals surface area contributed by atoms with Crippen molar-refractivity contribution in [3.63, 3.8) is 0 Å². The van der Waals surface area contributed by atoms with Gasteiger partial charge in [-0.2, -0.15) is 0 Å². The fourth-order valence-electron chi connectivity index (χ4n) is 6.76. The van der Waals surface area contributed by atoms with Crippen molar-refractivity contribution in [3.05, 3.63) is 0 Å². The summed E-state index contributed by atoms with van der Waals surface area (Å²) in [6.07, 6.45) is 3.47. The summed E-state index contributed by atoms with van der Waals surface area (Å²) in [7, 11) is 0. The molecule has 8 atom stereocenters. The number of carbonyl (C=O) groups is 8. The van der Waals surface area contributed by atoms with E-state index in [0.717, 1.165) is 0 Å². The van der Waals surface area contributed by atoms with Crippen molar-refractivity contribution in [3.8, 4) is 0 Å². The van der Waals surface area contributed by atoms with E-state index in [-0.39, 0.29) is 37.4 Å². The number of carboxylic acids is 1. The van der Waals surface area contributed by atoms with Crippen molar-refractivity contribution in [1.82, 2.24) is 36.4 Å². The zero-order chi connectivity index (χ0) is 43.0. The molecule has 12 N–H and O–H groups in total. The molecule has 0 bridgehead atoms. The van der Waals surface area contributed by atoms with Gasteiger partial charge in [0, 0.05) is 19.6 Å². The fraction of sp³-hybridized carbons (Fsp3) is 0.757. The van der Waals surface area contributed by atoms with Crippen LogP contribution in [0.4, 0.5) is 0 Å². The van der Waals surface area contributed by atoms with E-state index in [1.807, 2.05) is 13.8 Å². The van der Waals surface area contributed by atoms with Gasteiger partial charge in [-0.1, -0.05) is 54.4 Å². The predicted molar refractivity (Wildman–Crippen MR) is 211 cm³/mol. The Hall–Kier alpha value is -5.01. The molecule has 0 aromatic heterocycles. The van der Waals surface area contributed by atoms with Crippen LogP contribution in [-0.4, -0.2) is 137 Å². The van der Waals surface area contributed by atoms with E-state index in [1.165, 1.54) is 9.80 Å². The van der Waals surface area contributed by atoms with E-state index in [2.05, 4.69) is 31.6 Å². The zero-order valence-electron chi connectivity index (χ0n) is 34.2. The largest absolute Gasteiger partial charge is 0.480 e. The SMILES string of the molecule is CC[C@H](C)[C@H](NC(=O)[C@@H](NC(=O)[C@@H]1CCCN1C(=O)CNC(=O)[C@@H]1CCCN1C(=O)CNC(=O)[C@@H](N)CCCN=C(N)N)[C@@H](C)CC)C(=O)N[C@H](C(=O)O)C(C)C. The molecule has 2 saturated heterocycles.